The average molecular weight is 412 g/mol. The number of para-hydroxylation sites is 1. The first-order valence-corrected chi connectivity index (χ1v) is 10.7. The number of H-pyrrole nitrogens is 1. The Morgan fingerprint density at radius 2 is 1.72 bits per heavy atom. The Morgan fingerprint density at radius 1 is 1.00 bits per heavy atom. The molecule has 3 aromatic rings. The highest BCUT2D eigenvalue weighted by molar-refractivity contribution is 7.89. The summed E-state index contributed by atoms with van der Waals surface area (Å²) >= 11 is 0. The first kappa shape index (κ1) is 19.2. The normalized spacial score (nSPS) is 13.9. The number of rotatable bonds is 6. The first-order chi connectivity index (χ1) is 13.9. The molecular weight excluding hydrogens is 392 g/mol. The fraction of sp³-hybridized carbons (Fsp3) is 0.200. The number of carbonyl (C=O) groups excluding carboxylic acids is 2. The molecule has 4 N–H and O–H groups in total. The van der Waals surface area contributed by atoms with E-state index in [4.69, 9.17) is 0 Å². The average Bonchev–Trinajstić information content (AvgIpc) is 3.44. The summed E-state index contributed by atoms with van der Waals surface area (Å²) in [5.41, 5.74) is 6.72. The number of hydrazine groups is 1. The molecule has 29 heavy (non-hydrogen) atoms. The predicted molar refractivity (Wildman–Crippen MR) is 107 cm³/mol. The number of carbonyl (C=O) groups is 2. The van der Waals surface area contributed by atoms with Crippen LogP contribution >= 0.6 is 0 Å². The van der Waals surface area contributed by atoms with Crippen LogP contribution in [0.2, 0.25) is 0 Å². The number of sulfonamides is 1. The second-order valence-corrected chi connectivity index (χ2v) is 8.67. The van der Waals surface area contributed by atoms with Crippen LogP contribution in [0, 0.1) is 0 Å². The van der Waals surface area contributed by atoms with Crippen molar-refractivity contribution < 1.29 is 18.0 Å². The largest absolute Gasteiger partial charge is 0.361 e. The number of hydrogen-bond acceptors (Lipinski definition) is 4. The van der Waals surface area contributed by atoms with Crippen molar-refractivity contribution in [3.05, 3.63) is 65.9 Å². The smallest absolute Gasteiger partial charge is 0.269 e. The van der Waals surface area contributed by atoms with Gasteiger partial charge in [-0.05, 0) is 48.7 Å². The van der Waals surface area contributed by atoms with Gasteiger partial charge in [0, 0.05) is 28.7 Å². The van der Waals surface area contributed by atoms with Crippen molar-refractivity contribution in [2.24, 2.45) is 0 Å². The summed E-state index contributed by atoms with van der Waals surface area (Å²) in [6, 6.07) is 13.2. The van der Waals surface area contributed by atoms with Gasteiger partial charge in [-0.3, -0.25) is 20.4 Å². The molecular formula is C20H20N4O4S. The third-order valence-electron chi connectivity index (χ3n) is 4.67. The Bertz CT molecular complexity index is 1160. The standard InChI is InChI=1S/C20H20N4O4S/c25-19(11-14-12-21-18-4-2-1-3-17(14)18)22-23-20(26)13-5-9-16(10-6-13)29(27,28)24-15-7-8-15/h1-6,9-10,12,15,21,24H,7-8,11H2,(H,22,25)(H,23,26). The number of benzene rings is 2. The molecule has 0 saturated heterocycles. The van der Waals surface area contributed by atoms with Gasteiger partial charge in [-0.15, -0.1) is 0 Å². The van der Waals surface area contributed by atoms with Crippen LogP contribution < -0.4 is 15.6 Å². The molecule has 0 unspecified atom stereocenters. The van der Waals surface area contributed by atoms with E-state index >= 15 is 0 Å². The van der Waals surface area contributed by atoms with Gasteiger partial charge in [0.05, 0.1) is 11.3 Å². The zero-order valence-corrected chi connectivity index (χ0v) is 16.3. The van der Waals surface area contributed by atoms with Gasteiger partial charge in [0.25, 0.3) is 5.91 Å². The third kappa shape index (κ3) is 4.47. The lowest BCUT2D eigenvalue weighted by Crippen LogP contribution is -2.42. The van der Waals surface area contributed by atoms with Crippen molar-refractivity contribution in [3.63, 3.8) is 0 Å². The van der Waals surface area contributed by atoms with Crippen molar-refractivity contribution >= 4 is 32.7 Å². The minimum Gasteiger partial charge on any atom is -0.361 e. The van der Waals surface area contributed by atoms with Crippen LogP contribution in [-0.4, -0.2) is 31.3 Å². The molecule has 1 aliphatic carbocycles. The topological polar surface area (TPSA) is 120 Å². The molecule has 1 aliphatic rings. The van der Waals surface area contributed by atoms with Gasteiger partial charge in [0.15, 0.2) is 0 Å². The van der Waals surface area contributed by atoms with Crippen LogP contribution in [0.15, 0.2) is 59.6 Å². The Hall–Kier alpha value is -3.17. The van der Waals surface area contributed by atoms with E-state index in [1.807, 2.05) is 24.3 Å². The Labute approximate surface area is 167 Å². The van der Waals surface area contributed by atoms with E-state index in [2.05, 4.69) is 20.6 Å². The molecule has 0 spiro atoms. The van der Waals surface area contributed by atoms with Crippen LogP contribution in [-0.2, 0) is 21.2 Å². The minimum absolute atomic E-state index is 0.00957. The van der Waals surface area contributed by atoms with E-state index in [1.54, 1.807) is 6.20 Å². The van der Waals surface area contributed by atoms with Gasteiger partial charge in [-0.1, -0.05) is 18.2 Å². The number of aromatic amines is 1. The molecule has 0 bridgehead atoms. The molecule has 2 amide bonds. The molecule has 150 valence electrons. The number of aromatic nitrogens is 1. The third-order valence-corrected chi connectivity index (χ3v) is 6.20. The number of amides is 2. The van der Waals surface area contributed by atoms with Crippen molar-refractivity contribution in [1.82, 2.24) is 20.6 Å². The van der Waals surface area contributed by atoms with Crippen LogP contribution in [0.5, 0.6) is 0 Å². The van der Waals surface area contributed by atoms with Gasteiger partial charge in [-0.25, -0.2) is 13.1 Å². The van der Waals surface area contributed by atoms with Crippen molar-refractivity contribution in [1.29, 1.82) is 0 Å². The second kappa shape index (κ2) is 7.69. The Kier molecular flexibility index (Phi) is 5.08. The maximum absolute atomic E-state index is 12.2. The monoisotopic (exact) mass is 412 g/mol. The van der Waals surface area contributed by atoms with Crippen molar-refractivity contribution in [2.45, 2.75) is 30.2 Å². The lowest BCUT2D eigenvalue weighted by molar-refractivity contribution is -0.121. The maximum Gasteiger partial charge on any atom is 0.269 e. The SMILES string of the molecule is O=C(Cc1c[nH]c2ccccc12)NNC(=O)c1ccc(S(=O)(=O)NC2CC2)cc1. The predicted octanol–water partition coefficient (Wildman–Crippen LogP) is 1.61. The molecule has 0 atom stereocenters. The summed E-state index contributed by atoms with van der Waals surface area (Å²) in [7, 11) is -3.57. The summed E-state index contributed by atoms with van der Waals surface area (Å²) in [6.45, 7) is 0. The van der Waals surface area contributed by atoms with E-state index in [0.717, 1.165) is 29.3 Å². The van der Waals surface area contributed by atoms with Crippen molar-refractivity contribution in [2.75, 3.05) is 0 Å². The summed E-state index contributed by atoms with van der Waals surface area (Å²) < 4.78 is 26.9. The van der Waals surface area contributed by atoms with E-state index in [-0.39, 0.29) is 28.8 Å². The van der Waals surface area contributed by atoms with Gasteiger partial charge < -0.3 is 4.98 Å². The molecule has 9 heteroatoms. The highest BCUT2D eigenvalue weighted by Crippen LogP contribution is 2.22. The zero-order valence-electron chi connectivity index (χ0n) is 15.4. The molecule has 0 aliphatic heterocycles. The number of hydrogen-bond donors (Lipinski definition) is 4. The van der Waals surface area contributed by atoms with Gasteiger partial charge in [0.2, 0.25) is 15.9 Å². The molecule has 1 heterocycles. The molecule has 4 rings (SSSR count). The summed E-state index contributed by atoms with van der Waals surface area (Å²) in [5, 5.41) is 0.950. The second-order valence-electron chi connectivity index (χ2n) is 6.96. The molecule has 1 saturated carbocycles. The van der Waals surface area contributed by atoms with E-state index in [9.17, 15) is 18.0 Å². The molecule has 1 fully saturated rings. The van der Waals surface area contributed by atoms with E-state index in [1.165, 1.54) is 24.3 Å². The molecule has 1 aromatic heterocycles. The maximum atomic E-state index is 12.2. The summed E-state index contributed by atoms with van der Waals surface area (Å²) in [4.78, 5) is 27.6. The quantitative estimate of drug-likeness (QED) is 0.460. The zero-order chi connectivity index (χ0) is 20.4. The van der Waals surface area contributed by atoms with Crippen LogP contribution in [0.3, 0.4) is 0 Å². The highest BCUT2D eigenvalue weighted by atomic mass is 32.2. The molecule has 0 radical (unpaired) electrons. The van der Waals surface area contributed by atoms with Crippen molar-refractivity contribution in [3.8, 4) is 0 Å². The van der Waals surface area contributed by atoms with Gasteiger partial charge in [0.1, 0.15) is 0 Å². The lowest BCUT2D eigenvalue weighted by Gasteiger charge is -2.09. The Morgan fingerprint density at radius 3 is 2.45 bits per heavy atom. The molecule has 8 nitrogen and oxygen atoms in total. The summed E-state index contributed by atoms with van der Waals surface area (Å²) in [5.74, 6) is -0.896. The van der Waals surface area contributed by atoms with Crippen LogP contribution in [0.25, 0.3) is 10.9 Å². The molecule has 2 aromatic carbocycles. The fourth-order valence-corrected chi connectivity index (χ4v) is 4.27. The van der Waals surface area contributed by atoms with Crippen LogP contribution in [0.4, 0.5) is 0 Å². The van der Waals surface area contributed by atoms with Gasteiger partial charge in [-0.2, -0.15) is 0 Å². The Balaban J connectivity index is 1.33. The van der Waals surface area contributed by atoms with Crippen LogP contribution in [0.1, 0.15) is 28.8 Å². The highest BCUT2D eigenvalue weighted by Gasteiger charge is 2.28. The minimum atomic E-state index is -3.57. The van der Waals surface area contributed by atoms with E-state index < -0.39 is 15.9 Å². The fourth-order valence-electron chi connectivity index (χ4n) is 2.97. The van der Waals surface area contributed by atoms with Gasteiger partial charge >= 0.3 is 0 Å². The number of nitrogens with one attached hydrogen (secondary N) is 4. The lowest BCUT2D eigenvalue weighted by atomic mass is 10.1. The summed E-state index contributed by atoms with van der Waals surface area (Å²) in [6.07, 6.45) is 3.56. The first-order valence-electron chi connectivity index (χ1n) is 9.19. The number of fused-ring (bicyclic) bond motifs is 1. The van der Waals surface area contributed by atoms with E-state index in [0.29, 0.717) is 0 Å².